The van der Waals surface area contributed by atoms with Gasteiger partial charge in [0.25, 0.3) is 0 Å². The van der Waals surface area contributed by atoms with Gasteiger partial charge in [0.1, 0.15) is 12.5 Å². The van der Waals surface area contributed by atoms with Gasteiger partial charge >= 0.3 is 11.9 Å². The van der Waals surface area contributed by atoms with Crippen LogP contribution >= 0.6 is 0 Å². The van der Waals surface area contributed by atoms with Crippen molar-refractivity contribution in [3.63, 3.8) is 0 Å². The lowest BCUT2D eigenvalue weighted by molar-refractivity contribution is -0.151. The molecule has 190 valence electrons. The zero-order valence-corrected chi connectivity index (χ0v) is 21.0. The van der Waals surface area contributed by atoms with E-state index in [1.54, 1.807) is 19.1 Å². The number of ketones is 1. The highest BCUT2D eigenvalue weighted by molar-refractivity contribution is 6.12. The molecule has 1 aromatic carbocycles. The van der Waals surface area contributed by atoms with Crippen LogP contribution in [0.3, 0.4) is 0 Å². The molecular weight excluding hydrogens is 454 g/mol. The van der Waals surface area contributed by atoms with Gasteiger partial charge in [0, 0.05) is 22.9 Å². The maximum atomic E-state index is 13.7. The van der Waals surface area contributed by atoms with Crippen LogP contribution in [0.5, 0.6) is 11.5 Å². The molecule has 9 nitrogen and oxygen atoms in total. The number of hydrogen-bond acceptors (Lipinski definition) is 9. The Hall–Kier alpha value is -3.33. The van der Waals surface area contributed by atoms with Crippen molar-refractivity contribution in [1.82, 2.24) is 5.32 Å². The molecule has 1 aliphatic carbocycles. The lowest BCUT2D eigenvalue weighted by Crippen LogP contribution is -2.43. The van der Waals surface area contributed by atoms with E-state index in [1.165, 1.54) is 20.3 Å². The Bertz CT molecular complexity index is 1070. The van der Waals surface area contributed by atoms with Crippen LogP contribution in [0, 0.1) is 11.8 Å². The molecule has 1 aromatic rings. The van der Waals surface area contributed by atoms with E-state index in [1.807, 2.05) is 20.8 Å². The Balaban J connectivity index is 2.09. The van der Waals surface area contributed by atoms with Crippen LogP contribution in [-0.4, -0.2) is 56.4 Å². The summed E-state index contributed by atoms with van der Waals surface area (Å²) in [6.07, 6.45) is 0.419. The van der Waals surface area contributed by atoms with Crippen LogP contribution in [0.1, 0.15) is 45.6 Å². The number of carbonyl (C=O) groups is 3. The predicted octanol–water partition coefficient (Wildman–Crippen LogP) is 2.98. The van der Waals surface area contributed by atoms with Gasteiger partial charge in [-0.05, 0) is 50.8 Å². The third-order valence-corrected chi connectivity index (χ3v) is 6.27. The molecule has 9 heteroatoms. The number of ether oxygens (including phenoxy) is 4. The van der Waals surface area contributed by atoms with E-state index < -0.39 is 29.6 Å². The van der Waals surface area contributed by atoms with Gasteiger partial charge in [0.2, 0.25) is 0 Å². The normalized spacial score (nSPS) is 22.0. The average Bonchev–Trinajstić information content (AvgIpc) is 2.80. The third-order valence-electron chi connectivity index (χ3n) is 6.27. The first-order valence-electron chi connectivity index (χ1n) is 11.6. The Morgan fingerprint density at radius 3 is 2.54 bits per heavy atom. The van der Waals surface area contributed by atoms with Crippen LogP contribution in [0.25, 0.3) is 0 Å². The summed E-state index contributed by atoms with van der Waals surface area (Å²) < 4.78 is 21.1. The Kier molecular flexibility index (Phi) is 8.22. The summed E-state index contributed by atoms with van der Waals surface area (Å²) in [7, 11) is 2.66. The maximum absolute atomic E-state index is 13.7. The Morgan fingerprint density at radius 1 is 1.20 bits per heavy atom. The number of benzene rings is 1. The van der Waals surface area contributed by atoms with Crippen molar-refractivity contribution in [3.05, 3.63) is 46.3 Å². The molecule has 3 atom stereocenters. The maximum Gasteiger partial charge on any atom is 0.336 e. The summed E-state index contributed by atoms with van der Waals surface area (Å²) in [5.74, 6) is -3.61. The van der Waals surface area contributed by atoms with Crippen molar-refractivity contribution in [2.24, 2.45) is 11.8 Å². The van der Waals surface area contributed by atoms with Crippen LogP contribution in [0.15, 0.2) is 40.7 Å². The quantitative estimate of drug-likeness (QED) is 0.324. The summed E-state index contributed by atoms with van der Waals surface area (Å²) in [6.45, 7) is 7.61. The standard InChI is InChI=1S/C26H33NO8/c1-13(2)34-9-10-35-26(31)21-15(4)27-17-11-14(3)20(25(30)33-6)24(29)23(17)22(21)16-7-8-18(28)19(12-16)32-5/h7-8,12-14,20,22,27-28H,9-11H2,1-6H3/t14-,20+,22-/m1/s1. The van der Waals surface area contributed by atoms with E-state index in [9.17, 15) is 19.5 Å². The van der Waals surface area contributed by atoms with E-state index >= 15 is 0 Å². The van der Waals surface area contributed by atoms with Gasteiger partial charge < -0.3 is 29.4 Å². The molecule has 0 spiro atoms. The van der Waals surface area contributed by atoms with Crippen LogP contribution < -0.4 is 10.1 Å². The van der Waals surface area contributed by atoms with Gasteiger partial charge in [-0.3, -0.25) is 9.59 Å². The van der Waals surface area contributed by atoms with Crippen LogP contribution in [-0.2, 0) is 28.6 Å². The van der Waals surface area contributed by atoms with Crippen molar-refractivity contribution >= 4 is 17.7 Å². The number of nitrogens with one attached hydrogen (secondary N) is 1. The molecule has 3 rings (SSSR count). The third kappa shape index (κ3) is 5.35. The highest BCUT2D eigenvalue weighted by atomic mass is 16.6. The van der Waals surface area contributed by atoms with E-state index in [2.05, 4.69) is 5.32 Å². The highest BCUT2D eigenvalue weighted by Gasteiger charge is 2.47. The van der Waals surface area contributed by atoms with Gasteiger partial charge in [0.15, 0.2) is 17.3 Å². The molecule has 0 bridgehead atoms. The second kappa shape index (κ2) is 10.9. The Morgan fingerprint density at radius 2 is 1.91 bits per heavy atom. The number of Topliss-reactive ketones (excluding diaryl/α,β-unsaturated/α-hetero) is 1. The number of hydrogen-bond donors (Lipinski definition) is 2. The van der Waals surface area contributed by atoms with Crippen molar-refractivity contribution in [2.75, 3.05) is 27.4 Å². The van der Waals surface area contributed by atoms with Gasteiger partial charge in [-0.1, -0.05) is 13.0 Å². The molecule has 1 aliphatic heterocycles. The molecule has 0 aromatic heterocycles. The van der Waals surface area contributed by atoms with E-state index in [0.717, 1.165) is 0 Å². The highest BCUT2D eigenvalue weighted by Crippen LogP contribution is 2.46. The van der Waals surface area contributed by atoms with Gasteiger partial charge in [-0.2, -0.15) is 0 Å². The lowest BCUT2D eigenvalue weighted by atomic mass is 9.69. The van der Waals surface area contributed by atoms with E-state index in [0.29, 0.717) is 29.0 Å². The van der Waals surface area contributed by atoms with Crippen LogP contribution in [0.4, 0.5) is 0 Å². The fourth-order valence-corrected chi connectivity index (χ4v) is 4.65. The summed E-state index contributed by atoms with van der Waals surface area (Å²) in [4.78, 5) is 39.5. The van der Waals surface area contributed by atoms with Gasteiger partial charge in [-0.25, -0.2) is 4.79 Å². The predicted molar refractivity (Wildman–Crippen MR) is 127 cm³/mol. The second-order valence-corrected chi connectivity index (χ2v) is 9.02. The molecular formula is C26H33NO8. The molecule has 35 heavy (non-hydrogen) atoms. The SMILES string of the molecule is COC(=O)[C@@H]1C(=O)C2=C(C[C@H]1C)NC(C)=C(C(=O)OCCOC(C)C)[C@H]2c1ccc(O)c(OC)c1. The molecule has 0 fully saturated rings. The van der Waals surface area contributed by atoms with E-state index in [4.69, 9.17) is 18.9 Å². The number of dihydropyridines is 1. The summed E-state index contributed by atoms with van der Waals surface area (Å²) in [5, 5.41) is 13.3. The molecule has 2 N–H and O–H groups in total. The smallest absolute Gasteiger partial charge is 0.336 e. The minimum atomic E-state index is -0.989. The molecule has 0 saturated carbocycles. The van der Waals surface area contributed by atoms with E-state index in [-0.39, 0.29) is 42.3 Å². The summed E-state index contributed by atoms with van der Waals surface area (Å²) in [6, 6.07) is 4.65. The number of aromatic hydroxyl groups is 1. The largest absolute Gasteiger partial charge is 0.504 e. The molecule has 0 radical (unpaired) electrons. The molecule has 0 amide bonds. The molecule has 1 heterocycles. The fourth-order valence-electron chi connectivity index (χ4n) is 4.65. The zero-order valence-electron chi connectivity index (χ0n) is 21.0. The van der Waals surface area contributed by atoms with Gasteiger partial charge in [-0.15, -0.1) is 0 Å². The number of phenols is 1. The summed E-state index contributed by atoms with van der Waals surface area (Å²) >= 11 is 0. The van der Waals surface area contributed by atoms with Crippen LogP contribution in [0.2, 0.25) is 0 Å². The molecule has 2 aliphatic rings. The number of rotatable bonds is 8. The number of methoxy groups -OCH3 is 2. The summed E-state index contributed by atoms with van der Waals surface area (Å²) in [5.41, 5.74) is 2.30. The topological polar surface area (TPSA) is 120 Å². The number of carbonyl (C=O) groups excluding carboxylic acids is 3. The van der Waals surface area contributed by atoms with Gasteiger partial charge in [0.05, 0.1) is 32.5 Å². The van der Waals surface area contributed by atoms with Crippen molar-refractivity contribution in [3.8, 4) is 11.5 Å². The first-order chi connectivity index (χ1) is 16.6. The second-order valence-electron chi connectivity index (χ2n) is 9.02. The minimum Gasteiger partial charge on any atom is -0.504 e. The monoisotopic (exact) mass is 487 g/mol. The first-order valence-corrected chi connectivity index (χ1v) is 11.6. The van der Waals surface area contributed by atoms with Crippen molar-refractivity contribution < 1.29 is 38.4 Å². The lowest BCUT2D eigenvalue weighted by Gasteiger charge is -2.38. The molecule has 0 unspecified atom stereocenters. The number of esters is 2. The molecule has 0 saturated heterocycles. The fraction of sp³-hybridized carbons (Fsp3) is 0.500. The van der Waals surface area contributed by atoms with Crippen molar-refractivity contribution in [2.45, 2.75) is 46.1 Å². The zero-order chi connectivity index (χ0) is 25.9. The Labute approximate surface area is 205 Å². The average molecular weight is 488 g/mol. The first kappa shape index (κ1) is 26.3. The number of allylic oxidation sites excluding steroid dienone is 3. The van der Waals surface area contributed by atoms with Crippen molar-refractivity contribution in [1.29, 1.82) is 0 Å². The minimum absolute atomic E-state index is 0.00645. The number of phenolic OH excluding ortho intramolecular Hbond substituents is 1.